The lowest BCUT2D eigenvalue weighted by atomic mass is 10.1. The highest BCUT2D eigenvalue weighted by molar-refractivity contribution is 6.08. The van der Waals surface area contributed by atoms with Crippen LogP contribution in [0.5, 0.6) is 5.75 Å². The number of amides is 1. The number of phenolic OH excluding ortho intramolecular Hbond substituents is 1. The lowest BCUT2D eigenvalue weighted by Gasteiger charge is -2.08. The molecule has 0 bridgehead atoms. The third-order valence-corrected chi connectivity index (χ3v) is 2.54. The number of fused-ring (bicyclic) bond motifs is 1. The van der Waals surface area contributed by atoms with Crippen LogP contribution in [-0.2, 0) is 9.59 Å². The zero-order valence-electron chi connectivity index (χ0n) is 9.83. The van der Waals surface area contributed by atoms with Gasteiger partial charge in [0.15, 0.2) is 0 Å². The summed E-state index contributed by atoms with van der Waals surface area (Å²) in [7, 11) is 0. The number of phenols is 1. The molecule has 0 unspecified atom stereocenters. The van der Waals surface area contributed by atoms with Crippen molar-refractivity contribution in [2.45, 2.75) is 0 Å². The first-order valence-electron chi connectivity index (χ1n) is 5.50. The van der Waals surface area contributed by atoms with E-state index < -0.39 is 11.9 Å². The van der Waals surface area contributed by atoms with Gasteiger partial charge < -0.3 is 15.5 Å². The Labute approximate surface area is 108 Å². The highest BCUT2D eigenvalue weighted by atomic mass is 16.4. The lowest BCUT2D eigenvalue weighted by Crippen LogP contribution is -2.09. The summed E-state index contributed by atoms with van der Waals surface area (Å²) in [4.78, 5) is 21.8. The van der Waals surface area contributed by atoms with Crippen molar-refractivity contribution in [3.8, 4) is 5.75 Å². The second-order valence-electron chi connectivity index (χ2n) is 3.84. The monoisotopic (exact) mass is 257 g/mol. The van der Waals surface area contributed by atoms with Crippen LogP contribution in [0.15, 0.2) is 48.6 Å². The van der Waals surface area contributed by atoms with Crippen LogP contribution in [0.1, 0.15) is 0 Å². The minimum atomic E-state index is -1.19. The van der Waals surface area contributed by atoms with Crippen LogP contribution in [0.4, 0.5) is 5.69 Å². The molecule has 3 N–H and O–H groups in total. The third-order valence-electron chi connectivity index (χ3n) is 2.54. The first-order valence-corrected chi connectivity index (χ1v) is 5.50. The Balaban J connectivity index is 2.34. The van der Waals surface area contributed by atoms with Gasteiger partial charge in [-0.05, 0) is 12.1 Å². The van der Waals surface area contributed by atoms with E-state index in [1.54, 1.807) is 30.3 Å². The number of benzene rings is 2. The number of aromatic hydroxyl groups is 1. The first-order chi connectivity index (χ1) is 9.08. The zero-order chi connectivity index (χ0) is 13.8. The van der Waals surface area contributed by atoms with E-state index in [0.717, 1.165) is 12.2 Å². The molecule has 5 nitrogen and oxygen atoms in total. The molecule has 0 heterocycles. The number of rotatable bonds is 3. The molecule has 0 radical (unpaired) electrons. The highest BCUT2D eigenvalue weighted by Crippen LogP contribution is 2.30. The van der Waals surface area contributed by atoms with Crippen LogP contribution in [0.2, 0.25) is 0 Å². The predicted octanol–water partition coefficient (Wildman–Crippen LogP) is 2.12. The van der Waals surface area contributed by atoms with Crippen molar-refractivity contribution in [1.82, 2.24) is 0 Å². The van der Waals surface area contributed by atoms with Gasteiger partial charge in [-0.1, -0.05) is 24.3 Å². The molecule has 96 valence electrons. The number of hydrogen-bond acceptors (Lipinski definition) is 3. The second kappa shape index (κ2) is 5.22. The number of aliphatic carboxylic acids is 1. The van der Waals surface area contributed by atoms with Crippen molar-refractivity contribution in [2.75, 3.05) is 5.32 Å². The van der Waals surface area contributed by atoms with Crippen molar-refractivity contribution in [3.05, 3.63) is 48.6 Å². The fraction of sp³-hybridized carbons (Fsp3) is 0. The largest absolute Gasteiger partial charge is 0.507 e. The topological polar surface area (TPSA) is 86.6 Å². The van der Waals surface area contributed by atoms with Gasteiger partial charge in [0.2, 0.25) is 5.91 Å². The molecule has 0 saturated heterocycles. The van der Waals surface area contributed by atoms with Crippen LogP contribution in [-0.4, -0.2) is 22.1 Å². The minimum absolute atomic E-state index is 0.120. The number of hydrogen-bond donors (Lipinski definition) is 3. The summed E-state index contributed by atoms with van der Waals surface area (Å²) in [5, 5.41) is 22.0. The minimum Gasteiger partial charge on any atom is -0.507 e. The van der Waals surface area contributed by atoms with Crippen molar-refractivity contribution >= 4 is 28.3 Å². The van der Waals surface area contributed by atoms with E-state index in [4.69, 9.17) is 5.11 Å². The molecule has 0 aliphatic carbocycles. The van der Waals surface area contributed by atoms with Gasteiger partial charge in [-0.3, -0.25) is 4.79 Å². The van der Waals surface area contributed by atoms with Crippen molar-refractivity contribution < 1.29 is 19.8 Å². The van der Waals surface area contributed by atoms with E-state index in [9.17, 15) is 14.7 Å². The highest BCUT2D eigenvalue weighted by Gasteiger charge is 2.06. The number of carbonyl (C=O) groups is 2. The van der Waals surface area contributed by atoms with E-state index >= 15 is 0 Å². The Morgan fingerprint density at radius 3 is 2.37 bits per heavy atom. The number of nitrogens with one attached hydrogen (secondary N) is 1. The van der Waals surface area contributed by atoms with Gasteiger partial charge in [-0.15, -0.1) is 0 Å². The summed E-state index contributed by atoms with van der Waals surface area (Å²) in [6.07, 6.45) is 1.70. The van der Waals surface area contributed by atoms with Crippen LogP contribution in [0.25, 0.3) is 10.8 Å². The predicted molar refractivity (Wildman–Crippen MR) is 71.0 cm³/mol. The summed E-state index contributed by atoms with van der Waals surface area (Å²) in [5.74, 6) is -1.61. The van der Waals surface area contributed by atoms with E-state index in [1.165, 1.54) is 6.07 Å². The van der Waals surface area contributed by atoms with Crippen LogP contribution in [0, 0.1) is 0 Å². The van der Waals surface area contributed by atoms with Gasteiger partial charge in [-0.2, -0.15) is 0 Å². The van der Waals surface area contributed by atoms with Gasteiger partial charge >= 0.3 is 5.97 Å². The Kier molecular flexibility index (Phi) is 3.47. The van der Waals surface area contributed by atoms with E-state index in [1.807, 2.05) is 0 Å². The summed E-state index contributed by atoms with van der Waals surface area (Å²) >= 11 is 0. The van der Waals surface area contributed by atoms with Gasteiger partial charge in [0, 0.05) is 28.6 Å². The third kappa shape index (κ3) is 2.90. The molecule has 0 aromatic heterocycles. The van der Waals surface area contributed by atoms with Gasteiger partial charge in [0.25, 0.3) is 0 Å². The van der Waals surface area contributed by atoms with Crippen molar-refractivity contribution in [1.29, 1.82) is 0 Å². The number of anilines is 1. The average molecular weight is 257 g/mol. The molecule has 0 saturated carbocycles. The van der Waals surface area contributed by atoms with E-state index in [2.05, 4.69) is 5.32 Å². The molecule has 19 heavy (non-hydrogen) atoms. The van der Waals surface area contributed by atoms with Crippen molar-refractivity contribution in [3.63, 3.8) is 0 Å². The normalized spacial score (nSPS) is 10.7. The maximum Gasteiger partial charge on any atom is 0.328 e. The number of carbonyl (C=O) groups excluding carboxylic acids is 1. The molecular formula is C14H11NO4. The number of carboxylic acids is 1. The SMILES string of the molecule is O=C(O)/C=C/C(=O)Nc1ccc(O)c2ccccc12. The smallest absolute Gasteiger partial charge is 0.328 e. The molecule has 2 aromatic rings. The van der Waals surface area contributed by atoms with Crippen LogP contribution >= 0.6 is 0 Å². The molecule has 2 rings (SSSR count). The molecule has 2 aromatic carbocycles. The van der Waals surface area contributed by atoms with E-state index in [0.29, 0.717) is 16.5 Å². The summed E-state index contributed by atoms with van der Waals surface area (Å²) < 4.78 is 0. The fourth-order valence-electron chi connectivity index (χ4n) is 1.71. The first kappa shape index (κ1) is 12.6. The Bertz CT molecular complexity index is 676. The summed E-state index contributed by atoms with van der Waals surface area (Å²) in [5.41, 5.74) is 0.508. The van der Waals surface area contributed by atoms with Gasteiger partial charge in [0.1, 0.15) is 5.75 Å². The molecule has 0 fully saturated rings. The molecule has 0 aliphatic rings. The maximum absolute atomic E-state index is 11.5. The summed E-state index contributed by atoms with van der Waals surface area (Å²) in [6, 6.07) is 10.1. The standard InChI is InChI=1S/C14H11NO4/c16-12-6-5-11(9-3-1-2-4-10(9)12)15-13(17)7-8-14(18)19/h1-8,16H,(H,15,17)(H,18,19)/b8-7+. The Morgan fingerprint density at radius 1 is 1.00 bits per heavy atom. The van der Waals surface area contributed by atoms with Crippen LogP contribution in [0.3, 0.4) is 0 Å². The van der Waals surface area contributed by atoms with Crippen LogP contribution < -0.4 is 5.32 Å². The van der Waals surface area contributed by atoms with Gasteiger partial charge in [0.05, 0.1) is 0 Å². The second-order valence-corrected chi connectivity index (χ2v) is 3.84. The molecule has 5 heteroatoms. The fourth-order valence-corrected chi connectivity index (χ4v) is 1.71. The van der Waals surface area contributed by atoms with E-state index in [-0.39, 0.29) is 5.75 Å². The van der Waals surface area contributed by atoms with Gasteiger partial charge in [-0.25, -0.2) is 4.79 Å². The number of carboxylic acid groups (broad SMARTS) is 1. The summed E-state index contributed by atoms with van der Waals surface area (Å²) in [6.45, 7) is 0. The zero-order valence-corrected chi connectivity index (χ0v) is 9.83. The maximum atomic E-state index is 11.5. The quantitative estimate of drug-likeness (QED) is 0.580. The molecule has 1 amide bonds. The Morgan fingerprint density at radius 2 is 1.68 bits per heavy atom. The molecule has 0 aliphatic heterocycles. The van der Waals surface area contributed by atoms with Crippen molar-refractivity contribution in [2.24, 2.45) is 0 Å². The molecular weight excluding hydrogens is 246 g/mol. The average Bonchev–Trinajstić information content (AvgIpc) is 2.40. The molecule has 0 atom stereocenters. The Hall–Kier alpha value is -2.82. The molecule has 0 spiro atoms. The lowest BCUT2D eigenvalue weighted by molar-refractivity contribution is -0.131.